The van der Waals surface area contributed by atoms with Crippen molar-refractivity contribution in [2.24, 2.45) is 0 Å². The van der Waals surface area contributed by atoms with Gasteiger partial charge in [0.25, 0.3) is 0 Å². The molecule has 0 spiro atoms. The third-order valence-corrected chi connectivity index (χ3v) is 3.06. The fourth-order valence-electron chi connectivity index (χ4n) is 1.82. The van der Waals surface area contributed by atoms with E-state index in [2.05, 4.69) is 12.0 Å². The molecule has 3 heteroatoms. The summed E-state index contributed by atoms with van der Waals surface area (Å²) in [5.41, 5.74) is 2.14. The summed E-state index contributed by atoms with van der Waals surface area (Å²) < 4.78 is 5.48. The van der Waals surface area contributed by atoms with E-state index in [1.165, 1.54) is 0 Å². The number of terminal acetylenes is 1. The first-order valence-corrected chi connectivity index (χ1v) is 6.65. The molecule has 0 aromatic heterocycles. The Bertz CT molecular complexity index is 733. The Kier molecular flexibility index (Phi) is 5.04. The van der Waals surface area contributed by atoms with Crippen molar-refractivity contribution < 1.29 is 4.74 Å². The molecule has 102 valence electrons. The minimum absolute atomic E-state index is 0.188. The fraction of sp³-hybridized carbons (Fsp3) is 0.0556. The molecule has 0 radical (unpaired) electrons. The largest absolute Gasteiger partial charge is 0.480 e. The van der Waals surface area contributed by atoms with Crippen LogP contribution in [-0.4, -0.2) is 6.61 Å². The molecule has 0 heterocycles. The zero-order valence-corrected chi connectivity index (χ0v) is 12.0. The van der Waals surface area contributed by atoms with Crippen molar-refractivity contribution in [2.75, 3.05) is 6.61 Å². The van der Waals surface area contributed by atoms with E-state index in [9.17, 15) is 5.26 Å². The monoisotopic (exact) mass is 293 g/mol. The van der Waals surface area contributed by atoms with Crippen LogP contribution in [0.4, 0.5) is 0 Å². The molecule has 0 aliphatic rings. The molecule has 0 saturated heterocycles. The summed E-state index contributed by atoms with van der Waals surface area (Å²) in [6, 6.07) is 16.7. The van der Waals surface area contributed by atoms with E-state index in [-0.39, 0.29) is 6.61 Å². The van der Waals surface area contributed by atoms with Crippen molar-refractivity contribution in [2.45, 2.75) is 0 Å². The molecule has 0 unspecified atom stereocenters. The number of allylic oxidation sites excluding steroid dienone is 1. The topological polar surface area (TPSA) is 33.0 Å². The Morgan fingerprint density at radius 3 is 2.57 bits per heavy atom. The molecule has 21 heavy (non-hydrogen) atoms. The first-order chi connectivity index (χ1) is 10.2. The van der Waals surface area contributed by atoms with E-state index in [1.807, 2.05) is 36.4 Å². The summed E-state index contributed by atoms with van der Waals surface area (Å²) in [6.45, 7) is 0.188. The standard InChI is InChI=1S/C18H12ClNO/c1-2-11-21-18-6-4-3-5-15(18)12-16(13-20)14-7-9-17(19)10-8-14/h1,3-10,12H,11H2/b16-12+. The lowest BCUT2D eigenvalue weighted by atomic mass is 10.0. The van der Waals surface area contributed by atoms with Crippen molar-refractivity contribution in [1.82, 2.24) is 0 Å². The first-order valence-electron chi connectivity index (χ1n) is 6.27. The molecule has 0 saturated carbocycles. The van der Waals surface area contributed by atoms with E-state index >= 15 is 0 Å². The van der Waals surface area contributed by atoms with E-state index in [4.69, 9.17) is 22.8 Å². The molecule has 0 atom stereocenters. The molecule has 0 amide bonds. The highest BCUT2D eigenvalue weighted by molar-refractivity contribution is 6.30. The van der Waals surface area contributed by atoms with Gasteiger partial charge in [-0.25, -0.2) is 0 Å². The van der Waals surface area contributed by atoms with Gasteiger partial charge in [0.15, 0.2) is 0 Å². The van der Waals surface area contributed by atoms with Crippen LogP contribution < -0.4 is 4.74 Å². The van der Waals surface area contributed by atoms with Gasteiger partial charge in [-0.15, -0.1) is 6.42 Å². The Hall–Kier alpha value is -2.68. The Morgan fingerprint density at radius 1 is 1.19 bits per heavy atom. The molecular weight excluding hydrogens is 282 g/mol. The maximum absolute atomic E-state index is 9.35. The van der Waals surface area contributed by atoms with Gasteiger partial charge in [0.1, 0.15) is 12.4 Å². The first kappa shape index (κ1) is 14.7. The lowest BCUT2D eigenvalue weighted by molar-refractivity contribution is 0.369. The number of benzene rings is 2. The lowest BCUT2D eigenvalue weighted by Gasteiger charge is -2.07. The molecule has 0 aliphatic heterocycles. The van der Waals surface area contributed by atoms with Gasteiger partial charge >= 0.3 is 0 Å². The average molecular weight is 294 g/mol. The van der Waals surface area contributed by atoms with Crippen molar-refractivity contribution in [3.63, 3.8) is 0 Å². The summed E-state index contributed by atoms with van der Waals surface area (Å²) in [5.74, 6) is 3.08. The molecular formula is C18H12ClNO. The number of para-hydroxylation sites is 1. The molecule has 2 aromatic rings. The van der Waals surface area contributed by atoms with Crippen LogP contribution in [0.15, 0.2) is 48.5 Å². The second-order valence-electron chi connectivity index (χ2n) is 4.21. The molecule has 0 N–H and O–H groups in total. The Morgan fingerprint density at radius 2 is 1.90 bits per heavy atom. The summed E-state index contributed by atoms with van der Waals surface area (Å²) in [7, 11) is 0. The number of nitrogens with zero attached hydrogens (tertiary/aromatic N) is 1. The van der Waals surface area contributed by atoms with E-state index in [0.29, 0.717) is 16.3 Å². The molecule has 0 aliphatic carbocycles. The minimum Gasteiger partial charge on any atom is -0.480 e. The van der Waals surface area contributed by atoms with Gasteiger partial charge in [0.05, 0.1) is 11.6 Å². The third kappa shape index (κ3) is 3.89. The maximum atomic E-state index is 9.35. The third-order valence-electron chi connectivity index (χ3n) is 2.81. The predicted molar refractivity (Wildman–Crippen MR) is 85.7 cm³/mol. The highest BCUT2D eigenvalue weighted by atomic mass is 35.5. The van der Waals surface area contributed by atoms with Gasteiger partial charge in [0, 0.05) is 10.6 Å². The smallest absolute Gasteiger partial charge is 0.148 e. The SMILES string of the molecule is C#CCOc1ccccc1/C=C(\C#N)c1ccc(Cl)cc1. The van der Waals surface area contributed by atoms with Crippen molar-refractivity contribution in [1.29, 1.82) is 5.26 Å². The Labute approximate surface area is 129 Å². The Balaban J connectivity index is 2.39. The van der Waals surface area contributed by atoms with E-state index < -0.39 is 0 Å². The van der Waals surface area contributed by atoms with Crippen molar-refractivity contribution >= 4 is 23.3 Å². The van der Waals surface area contributed by atoms with Crippen LogP contribution in [0.1, 0.15) is 11.1 Å². The highest BCUT2D eigenvalue weighted by Gasteiger charge is 2.05. The van der Waals surface area contributed by atoms with Gasteiger partial charge in [-0.1, -0.05) is 47.9 Å². The summed E-state index contributed by atoms with van der Waals surface area (Å²) in [6.07, 6.45) is 6.98. The molecule has 2 rings (SSSR count). The van der Waals surface area contributed by atoms with E-state index in [1.54, 1.807) is 18.2 Å². The zero-order chi connectivity index (χ0) is 15.1. The lowest BCUT2D eigenvalue weighted by Crippen LogP contribution is -1.95. The minimum atomic E-state index is 0.188. The van der Waals surface area contributed by atoms with Gasteiger partial charge in [-0.05, 0) is 29.8 Å². The second-order valence-corrected chi connectivity index (χ2v) is 4.64. The fourth-order valence-corrected chi connectivity index (χ4v) is 1.94. The van der Waals surface area contributed by atoms with Gasteiger partial charge in [-0.3, -0.25) is 0 Å². The van der Waals surface area contributed by atoms with Crippen LogP contribution in [0, 0.1) is 23.7 Å². The number of hydrogen-bond acceptors (Lipinski definition) is 2. The van der Waals surface area contributed by atoms with Crippen LogP contribution in [0.5, 0.6) is 5.75 Å². The van der Waals surface area contributed by atoms with Gasteiger partial charge in [0.2, 0.25) is 0 Å². The van der Waals surface area contributed by atoms with Gasteiger partial charge < -0.3 is 4.74 Å². The highest BCUT2D eigenvalue weighted by Crippen LogP contribution is 2.25. The van der Waals surface area contributed by atoms with Crippen LogP contribution in [0.2, 0.25) is 5.02 Å². The zero-order valence-electron chi connectivity index (χ0n) is 11.2. The number of rotatable bonds is 4. The van der Waals surface area contributed by atoms with Crippen molar-refractivity contribution in [3.8, 4) is 24.2 Å². The summed E-state index contributed by atoms with van der Waals surface area (Å²) >= 11 is 5.86. The van der Waals surface area contributed by atoms with E-state index in [0.717, 1.165) is 11.1 Å². The molecule has 0 fully saturated rings. The van der Waals surface area contributed by atoms with Crippen LogP contribution in [-0.2, 0) is 0 Å². The normalized spacial score (nSPS) is 10.5. The number of nitriles is 1. The number of halogens is 1. The summed E-state index contributed by atoms with van der Waals surface area (Å²) in [5, 5.41) is 9.99. The van der Waals surface area contributed by atoms with Crippen molar-refractivity contribution in [3.05, 3.63) is 64.7 Å². The molecule has 2 aromatic carbocycles. The van der Waals surface area contributed by atoms with Crippen LogP contribution >= 0.6 is 11.6 Å². The molecule has 2 nitrogen and oxygen atoms in total. The average Bonchev–Trinajstić information content (AvgIpc) is 2.52. The summed E-state index contributed by atoms with van der Waals surface area (Å²) in [4.78, 5) is 0. The quantitative estimate of drug-likeness (QED) is 0.475. The molecule has 0 bridgehead atoms. The predicted octanol–water partition coefficient (Wildman–Crippen LogP) is 4.42. The number of hydrogen-bond donors (Lipinski definition) is 0. The van der Waals surface area contributed by atoms with Crippen LogP contribution in [0.25, 0.3) is 11.6 Å². The number of ether oxygens (including phenoxy) is 1. The van der Waals surface area contributed by atoms with Gasteiger partial charge in [-0.2, -0.15) is 5.26 Å². The second kappa shape index (κ2) is 7.20. The maximum Gasteiger partial charge on any atom is 0.148 e. The van der Waals surface area contributed by atoms with Crippen LogP contribution in [0.3, 0.4) is 0 Å².